The van der Waals surface area contributed by atoms with Crippen LogP contribution < -0.4 is 0 Å². The quantitative estimate of drug-likeness (QED) is 0.469. The van der Waals surface area contributed by atoms with Crippen molar-refractivity contribution < 1.29 is 9.21 Å². The normalized spacial score (nSPS) is 16.7. The average molecular weight is 460 g/mol. The van der Waals surface area contributed by atoms with E-state index in [2.05, 4.69) is 25.7 Å². The lowest BCUT2D eigenvalue weighted by Crippen LogP contribution is -2.34. The van der Waals surface area contributed by atoms with E-state index in [1.54, 1.807) is 6.07 Å². The zero-order valence-corrected chi connectivity index (χ0v) is 18.4. The maximum absolute atomic E-state index is 13.0. The summed E-state index contributed by atoms with van der Waals surface area (Å²) in [7, 11) is 0. The van der Waals surface area contributed by atoms with Gasteiger partial charge in [-0.2, -0.15) is 0 Å². The molecule has 0 atom stereocenters. The minimum Gasteiger partial charge on any atom is -0.419 e. The molecule has 2 aliphatic rings. The Morgan fingerprint density at radius 2 is 1.97 bits per heavy atom. The third kappa shape index (κ3) is 4.59. The molecule has 0 aliphatic heterocycles. The van der Waals surface area contributed by atoms with Gasteiger partial charge >= 0.3 is 0 Å². The Labute approximate surface area is 188 Å². The first kappa shape index (κ1) is 20.4. The van der Waals surface area contributed by atoms with Gasteiger partial charge in [-0.05, 0) is 48.2 Å². The van der Waals surface area contributed by atoms with Crippen LogP contribution in [-0.4, -0.2) is 53.0 Å². The van der Waals surface area contributed by atoms with Crippen LogP contribution in [-0.2, 0) is 11.3 Å². The van der Waals surface area contributed by atoms with E-state index in [1.807, 2.05) is 27.8 Å². The van der Waals surface area contributed by atoms with E-state index >= 15 is 0 Å². The van der Waals surface area contributed by atoms with Gasteiger partial charge < -0.3 is 9.32 Å². The Morgan fingerprint density at radius 3 is 2.74 bits per heavy atom. The summed E-state index contributed by atoms with van der Waals surface area (Å²) in [5.74, 6) is 1.05. The number of carbonyl (C=O) groups is 1. The summed E-state index contributed by atoms with van der Waals surface area (Å²) in [4.78, 5) is 14.8. The molecular weight excluding hydrogens is 438 g/mol. The SMILES string of the molecule is O=C(CSc1nnnn1C1CCCC1)N(Cc1nnc(-c2ccccc2Cl)o1)C1CC1. The van der Waals surface area contributed by atoms with Crippen molar-refractivity contribution in [2.24, 2.45) is 0 Å². The van der Waals surface area contributed by atoms with Crippen LogP contribution in [0.25, 0.3) is 11.5 Å². The first-order chi connectivity index (χ1) is 15.2. The van der Waals surface area contributed by atoms with Crippen LogP contribution in [0, 0.1) is 0 Å². The molecule has 31 heavy (non-hydrogen) atoms. The third-order valence-electron chi connectivity index (χ3n) is 5.64. The van der Waals surface area contributed by atoms with E-state index in [0.29, 0.717) is 33.6 Å². The number of rotatable bonds is 8. The molecule has 11 heteroatoms. The van der Waals surface area contributed by atoms with E-state index in [-0.39, 0.29) is 24.2 Å². The fraction of sp³-hybridized carbons (Fsp3) is 0.500. The molecule has 3 aromatic rings. The van der Waals surface area contributed by atoms with E-state index in [0.717, 1.165) is 25.7 Å². The van der Waals surface area contributed by atoms with E-state index < -0.39 is 0 Å². The van der Waals surface area contributed by atoms with E-state index in [9.17, 15) is 4.79 Å². The molecule has 0 N–H and O–H groups in total. The molecule has 162 valence electrons. The Kier molecular flexibility index (Phi) is 5.91. The molecular formula is C20H22ClN7O2S. The van der Waals surface area contributed by atoms with Gasteiger partial charge in [-0.3, -0.25) is 4.79 Å². The van der Waals surface area contributed by atoms with Crippen molar-refractivity contribution in [2.75, 3.05) is 5.75 Å². The molecule has 5 rings (SSSR count). The molecule has 0 unspecified atom stereocenters. The number of halogens is 1. The molecule has 0 spiro atoms. The van der Waals surface area contributed by atoms with Gasteiger partial charge in [0.1, 0.15) is 0 Å². The lowest BCUT2D eigenvalue weighted by molar-refractivity contribution is -0.129. The lowest BCUT2D eigenvalue weighted by Gasteiger charge is -2.20. The fourth-order valence-corrected chi connectivity index (χ4v) is 4.93. The highest BCUT2D eigenvalue weighted by molar-refractivity contribution is 7.99. The number of nitrogens with zero attached hydrogens (tertiary/aromatic N) is 7. The van der Waals surface area contributed by atoms with Crippen molar-refractivity contribution in [3.05, 3.63) is 35.2 Å². The Bertz CT molecular complexity index is 1060. The summed E-state index contributed by atoms with van der Waals surface area (Å²) in [5.41, 5.74) is 0.682. The van der Waals surface area contributed by atoms with Crippen molar-refractivity contribution >= 4 is 29.3 Å². The first-order valence-electron chi connectivity index (χ1n) is 10.5. The molecule has 2 aliphatic carbocycles. The van der Waals surface area contributed by atoms with Gasteiger partial charge in [0.25, 0.3) is 0 Å². The van der Waals surface area contributed by atoms with Gasteiger partial charge in [-0.25, -0.2) is 4.68 Å². The van der Waals surface area contributed by atoms with Gasteiger partial charge in [0.05, 0.1) is 28.9 Å². The summed E-state index contributed by atoms with van der Waals surface area (Å²) in [6, 6.07) is 7.87. The van der Waals surface area contributed by atoms with Crippen molar-refractivity contribution in [3.8, 4) is 11.5 Å². The van der Waals surface area contributed by atoms with E-state index in [4.69, 9.17) is 16.0 Å². The molecule has 1 aromatic carbocycles. The Morgan fingerprint density at radius 1 is 1.16 bits per heavy atom. The zero-order valence-electron chi connectivity index (χ0n) is 16.9. The number of carbonyl (C=O) groups excluding carboxylic acids is 1. The molecule has 0 bridgehead atoms. The zero-order chi connectivity index (χ0) is 21.2. The third-order valence-corrected chi connectivity index (χ3v) is 6.89. The highest BCUT2D eigenvalue weighted by atomic mass is 35.5. The maximum Gasteiger partial charge on any atom is 0.249 e. The van der Waals surface area contributed by atoms with Crippen molar-refractivity contribution in [3.63, 3.8) is 0 Å². The molecule has 2 heterocycles. The van der Waals surface area contributed by atoms with Crippen LogP contribution in [0.15, 0.2) is 33.8 Å². The minimum atomic E-state index is 0.0194. The first-order valence-corrected chi connectivity index (χ1v) is 11.8. The highest BCUT2D eigenvalue weighted by Crippen LogP contribution is 2.33. The molecule has 0 saturated heterocycles. The monoisotopic (exact) mass is 459 g/mol. The van der Waals surface area contributed by atoms with Crippen molar-refractivity contribution in [2.45, 2.75) is 62.3 Å². The largest absolute Gasteiger partial charge is 0.419 e. The van der Waals surface area contributed by atoms with Crippen LogP contribution in [0.1, 0.15) is 50.5 Å². The van der Waals surface area contributed by atoms with Gasteiger partial charge in [0, 0.05) is 6.04 Å². The minimum absolute atomic E-state index is 0.0194. The molecule has 2 aromatic heterocycles. The maximum atomic E-state index is 13.0. The number of hydrogen-bond acceptors (Lipinski definition) is 8. The van der Waals surface area contributed by atoms with E-state index in [1.165, 1.54) is 24.6 Å². The van der Waals surface area contributed by atoms with Crippen LogP contribution in [0.5, 0.6) is 0 Å². The van der Waals surface area contributed by atoms with Crippen molar-refractivity contribution in [1.82, 2.24) is 35.3 Å². The molecule has 0 radical (unpaired) electrons. The predicted molar refractivity (Wildman–Crippen MR) is 114 cm³/mol. The molecule has 9 nitrogen and oxygen atoms in total. The number of hydrogen-bond donors (Lipinski definition) is 0. The smallest absolute Gasteiger partial charge is 0.249 e. The fourth-order valence-electron chi connectivity index (χ4n) is 3.88. The molecule has 2 fully saturated rings. The Hall–Kier alpha value is -2.46. The van der Waals surface area contributed by atoms with Gasteiger partial charge in [0.15, 0.2) is 0 Å². The second kappa shape index (κ2) is 8.96. The van der Waals surface area contributed by atoms with Crippen molar-refractivity contribution in [1.29, 1.82) is 0 Å². The topological polar surface area (TPSA) is 103 Å². The molecule has 1 amide bonds. The number of aromatic nitrogens is 6. The van der Waals surface area contributed by atoms with Gasteiger partial charge in [-0.1, -0.05) is 48.3 Å². The van der Waals surface area contributed by atoms with Crippen LogP contribution in [0.3, 0.4) is 0 Å². The summed E-state index contributed by atoms with van der Waals surface area (Å²) >= 11 is 7.61. The Balaban J connectivity index is 1.24. The number of benzene rings is 1. The lowest BCUT2D eigenvalue weighted by atomic mass is 10.2. The summed E-state index contributed by atoms with van der Waals surface area (Å²) in [5, 5.41) is 21.6. The second-order valence-electron chi connectivity index (χ2n) is 7.87. The van der Waals surface area contributed by atoms with Crippen LogP contribution in [0.2, 0.25) is 5.02 Å². The summed E-state index contributed by atoms with van der Waals surface area (Å²) in [6.07, 6.45) is 6.55. The summed E-state index contributed by atoms with van der Waals surface area (Å²) < 4.78 is 7.68. The van der Waals surface area contributed by atoms with Crippen LogP contribution in [0.4, 0.5) is 0 Å². The standard InChI is InChI=1S/C20H22ClN7O2S/c21-16-8-4-3-7-15(16)19-23-22-17(30-19)11-27(13-9-10-13)18(29)12-31-20-24-25-26-28(20)14-5-1-2-6-14/h3-4,7-8,13-14H,1-2,5-6,9-12H2. The number of tetrazole rings is 1. The van der Waals surface area contributed by atoms with Gasteiger partial charge in [-0.15, -0.1) is 15.3 Å². The van der Waals surface area contributed by atoms with Gasteiger partial charge in [0.2, 0.25) is 22.8 Å². The average Bonchev–Trinajstić information content (AvgIpc) is 3.16. The number of amides is 1. The highest BCUT2D eigenvalue weighted by Gasteiger charge is 2.34. The van der Waals surface area contributed by atoms with Crippen LogP contribution >= 0.6 is 23.4 Å². The predicted octanol–water partition coefficient (Wildman–Crippen LogP) is 3.77. The number of thioether (sulfide) groups is 1. The summed E-state index contributed by atoms with van der Waals surface area (Å²) in [6.45, 7) is 0.287. The molecule has 2 saturated carbocycles. The second-order valence-corrected chi connectivity index (χ2v) is 9.22.